The Labute approximate surface area is 298 Å². The SMILES string of the molecule is C=C1C[C@@H]2C=C[C@H]1[C@@H](C(=O)N1CCC(C(=O)c3cn(-c4ccc(F)cc4C(=O)N(C(C)C)C(C)C)c4cnccc34)CC1)N2C(=O)OC(C)(C)C. The summed E-state index contributed by atoms with van der Waals surface area (Å²) >= 11 is 0. The Morgan fingerprint density at radius 1 is 1.00 bits per heavy atom. The summed E-state index contributed by atoms with van der Waals surface area (Å²) in [5.41, 5.74) is 1.96. The van der Waals surface area contributed by atoms with Crippen LogP contribution in [-0.4, -0.2) is 90.8 Å². The highest BCUT2D eigenvalue weighted by Crippen LogP contribution is 2.40. The molecule has 2 fully saturated rings. The second kappa shape index (κ2) is 13.7. The van der Waals surface area contributed by atoms with E-state index in [1.165, 1.54) is 12.1 Å². The number of Topliss-reactive ketones (excluding diaryl/α,β-unsaturated/α-hetero) is 1. The first-order valence-electron chi connectivity index (χ1n) is 17.8. The third-order valence-corrected chi connectivity index (χ3v) is 10.2. The molecule has 270 valence electrons. The van der Waals surface area contributed by atoms with Crippen molar-refractivity contribution in [1.82, 2.24) is 24.3 Å². The Morgan fingerprint density at radius 2 is 1.69 bits per heavy atom. The summed E-state index contributed by atoms with van der Waals surface area (Å²) in [7, 11) is 0. The summed E-state index contributed by atoms with van der Waals surface area (Å²) in [4.78, 5) is 65.0. The molecule has 4 aliphatic rings. The van der Waals surface area contributed by atoms with Gasteiger partial charge in [0.1, 0.15) is 17.5 Å². The van der Waals surface area contributed by atoms with E-state index in [4.69, 9.17) is 4.74 Å². The molecule has 3 atom stereocenters. The Hall–Kier alpha value is -4.80. The van der Waals surface area contributed by atoms with Crippen LogP contribution in [0.15, 0.2) is 67.2 Å². The highest BCUT2D eigenvalue weighted by atomic mass is 19.1. The van der Waals surface area contributed by atoms with E-state index in [1.807, 2.05) is 39.8 Å². The number of nitrogens with zero attached hydrogens (tertiary/aromatic N) is 5. The zero-order valence-electron chi connectivity index (χ0n) is 30.6. The van der Waals surface area contributed by atoms with Gasteiger partial charge in [-0.2, -0.15) is 0 Å². The van der Waals surface area contributed by atoms with Crippen LogP contribution in [0.2, 0.25) is 0 Å². The largest absolute Gasteiger partial charge is 0.444 e. The lowest BCUT2D eigenvalue weighted by molar-refractivity contribution is -0.141. The molecule has 1 aromatic carbocycles. The van der Waals surface area contributed by atoms with Gasteiger partial charge in [0.05, 0.1) is 29.0 Å². The normalized spacial score (nSPS) is 20.8. The van der Waals surface area contributed by atoms with Crippen molar-refractivity contribution < 1.29 is 28.3 Å². The minimum absolute atomic E-state index is 0.0681. The van der Waals surface area contributed by atoms with E-state index in [1.54, 1.807) is 70.8 Å². The number of rotatable bonds is 7. The first kappa shape index (κ1) is 36.0. The molecule has 1 aliphatic carbocycles. The molecule has 0 unspecified atom stereocenters. The topological polar surface area (TPSA) is 105 Å². The number of halogens is 1. The van der Waals surface area contributed by atoms with Crippen molar-refractivity contribution in [1.29, 1.82) is 0 Å². The van der Waals surface area contributed by atoms with Crippen LogP contribution in [0.1, 0.15) is 88.4 Å². The van der Waals surface area contributed by atoms with Crippen LogP contribution in [-0.2, 0) is 9.53 Å². The van der Waals surface area contributed by atoms with Gasteiger partial charge in [-0.1, -0.05) is 24.3 Å². The fourth-order valence-electron chi connectivity index (χ4n) is 7.92. The maximum Gasteiger partial charge on any atom is 0.411 e. The number of ketones is 1. The minimum atomic E-state index is -0.747. The second-order valence-corrected chi connectivity index (χ2v) is 15.5. The standard InChI is InChI=1S/C40H48FN5O5/c1-23(2)45(24(3)4)37(48)31-20-27(41)9-12-33(31)44-22-32(30-13-16-42-21-34(30)44)36(47)26-14-17-43(18-15-26)38(49)35-29-11-10-28(19-25(29)5)46(35)39(50)51-40(6,7)8/h9-13,16,20-24,26,28-29,35H,5,14-15,17-19H2,1-4,6-8H3/t28-,29+,35-/m0/s1. The molecule has 0 spiro atoms. The minimum Gasteiger partial charge on any atom is -0.444 e. The highest BCUT2D eigenvalue weighted by molar-refractivity contribution is 6.10. The number of fused-ring (bicyclic) bond motifs is 3. The molecule has 0 N–H and O–H groups in total. The number of hydrogen-bond acceptors (Lipinski definition) is 6. The Morgan fingerprint density at radius 3 is 2.31 bits per heavy atom. The number of likely N-dealkylation sites (tertiary alicyclic amines) is 1. The second-order valence-electron chi connectivity index (χ2n) is 15.5. The third kappa shape index (κ3) is 6.82. The van der Waals surface area contributed by atoms with E-state index in [0.717, 1.165) is 5.57 Å². The summed E-state index contributed by atoms with van der Waals surface area (Å²) in [6.07, 6.45) is 9.89. The monoisotopic (exact) mass is 697 g/mol. The molecule has 0 saturated carbocycles. The van der Waals surface area contributed by atoms with Crippen molar-refractivity contribution in [3.63, 3.8) is 0 Å². The van der Waals surface area contributed by atoms with Crippen LogP contribution in [0.5, 0.6) is 0 Å². The molecule has 11 heteroatoms. The smallest absolute Gasteiger partial charge is 0.411 e. The van der Waals surface area contributed by atoms with Crippen LogP contribution in [0.3, 0.4) is 0 Å². The van der Waals surface area contributed by atoms with Gasteiger partial charge in [-0.25, -0.2) is 9.18 Å². The fraction of sp³-hybridized carbons (Fsp3) is 0.475. The first-order chi connectivity index (χ1) is 24.1. The number of piperidine rings is 2. The summed E-state index contributed by atoms with van der Waals surface area (Å²) in [6.45, 7) is 18.0. The molecule has 51 heavy (non-hydrogen) atoms. The van der Waals surface area contributed by atoms with Gasteiger partial charge in [0.15, 0.2) is 5.78 Å². The van der Waals surface area contributed by atoms with Gasteiger partial charge in [0, 0.05) is 60.4 Å². The van der Waals surface area contributed by atoms with Crippen molar-refractivity contribution in [2.45, 2.75) is 97.5 Å². The van der Waals surface area contributed by atoms with E-state index in [0.29, 0.717) is 54.5 Å². The lowest BCUT2D eigenvalue weighted by atomic mass is 9.76. The van der Waals surface area contributed by atoms with Crippen LogP contribution in [0.4, 0.5) is 9.18 Å². The van der Waals surface area contributed by atoms with Crippen LogP contribution in [0, 0.1) is 17.7 Å². The van der Waals surface area contributed by atoms with Gasteiger partial charge in [-0.05, 0) is 92.0 Å². The average Bonchev–Trinajstić information content (AvgIpc) is 3.46. The lowest BCUT2D eigenvalue weighted by Crippen LogP contribution is -2.63. The number of ether oxygens (including phenoxy) is 1. The molecule has 2 saturated heterocycles. The van der Waals surface area contributed by atoms with Gasteiger partial charge < -0.3 is 19.1 Å². The summed E-state index contributed by atoms with van der Waals surface area (Å²) in [6, 6.07) is 4.63. The van der Waals surface area contributed by atoms with Crippen molar-refractivity contribution in [3.05, 3.63) is 84.1 Å². The highest BCUT2D eigenvalue weighted by Gasteiger charge is 2.49. The van der Waals surface area contributed by atoms with Crippen LogP contribution in [0.25, 0.3) is 16.6 Å². The number of carbonyl (C=O) groups is 4. The van der Waals surface area contributed by atoms with Gasteiger partial charge in [-0.3, -0.25) is 24.3 Å². The molecule has 10 nitrogen and oxygen atoms in total. The predicted octanol–water partition coefficient (Wildman–Crippen LogP) is 6.97. The third-order valence-electron chi connectivity index (χ3n) is 10.2. The number of benzene rings is 1. The van der Waals surface area contributed by atoms with E-state index < -0.39 is 23.6 Å². The van der Waals surface area contributed by atoms with Crippen LogP contribution >= 0.6 is 0 Å². The van der Waals surface area contributed by atoms with Gasteiger partial charge in [0.25, 0.3) is 5.91 Å². The van der Waals surface area contributed by atoms with E-state index in [9.17, 15) is 23.6 Å². The number of pyridine rings is 1. The Bertz CT molecular complexity index is 1910. The van der Waals surface area contributed by atoms with Crippen molar-refractivity contribution >= 4 is 34.6 Å². The molecule has 2 aromatic heterocycles. The zero-order chi connectivity index (χ0) is 36.9. The first-order valence-corrected chi connectivity index (χ1v) is 17.8. The predicted molar refractivity (Wildman–Crippen MR) is 193 cm³/mol. The summed E-state index contributed by atoms with van der Waals surface area (Å²) in [5.74, 6) is -1.72. The number of hydrogen-bond donors (Lipinski definition) is 0. The molecular weight excluding hydrogens is 649 g/mol. The summed E-state index contributed by atoms with van der Waals surface area (Å²) < 4.78 is 22.1. The van der Waals surface area contributed by atoms with Crippen molar-refractivity contribution in [2.24, 2.45) is 11.8 Å². The van der Waals surface area contributed by atoms with E-state index >= 15 is 0 Å². The molecule has 2 bridgehead atoms. The molecule has 5 heterocycles. The number of amides is 3. The molecular formula is C40H48FN5O5. The molecule has 0 radical (unpaired) electrons. The van der Waals surface area contributed by atoms with Crippen molar-refractivity contribution in [3.8, 4) is 5.69 Å². The van der Waals surface area contributed by atoms with Gasteiger partial charge in [-0.15, -0.1) is 0 Å². The Balaban J connectivity index is 1.25. The summed E-state index contributed by atoms with van der Waals surface area (Å²) in [5, 5.41) is 0.678. The quantitative estimate of drug-likeness (QED) is 0.195. The fourth-order valence-corrected chi connectivity index (χ4v) is 7.92. The van der Waals surface area contributed by atoms with Crippen LogP contribution < -0.4 is 0 Å². The lowest BCUT2D eigenvalue weighted by Gasteiger charge is -2.49. The van der Waals surface area contributed by atoms with Crippen molar-refractivity contribution in [2.75, 3.05) is 13.1 Å². The van der Waals surface area contributed by atoms with Gasteiger partial charge >= 0.3 is 6.09 Å². The molecule has 3 amide bonds. The molecule has 3 aromatic rings. The zero-order valence-corrected chi connectivity index (χ0v) is 30.6. The number of aromatic nitrogens is 2. The Kier molecular flexibility index (Phi) is 9.69. The molecule has 7 rings (SSSR count). The maximum atomic E-state index is 14.7. The maximum absolute atomic E-state index is 14.7. The van der Waals surface area contributed by atoms with E-state index in [2.05, 4.69) is 11.6 Å². The van der Waals surface area contributed by atoms with Gasteiger partial charge in [0.2, 0.25) is 5.91 Å². The molecule has 3 aliphatic heterocycles. The average molecular weight is 698 g/mol. The number of carbonyl (C=O) groups excluding carboxylic acids is 4. The van der Waals surface area contributed by atoms with E-state index in [-0.39, 0.29) is 53.1 Å².